The van der Waals surface area contributed by atoms with Crippen LogP contribution in [0, 0.1) is 12.8 Å². The number of carbonyl (C=O) groups is 3. The second-order valence-corrected chi connectivity index (χ2v) is 9.02. The summed E-state index contributed by atoms with van der Waals surface area (Å²) in [4.78, 5) is 35.8. The maximum Gasteiger partial charge on any atom is 0.573 e. The zero-order valence-corrected chi connectivity index (χ0v) is 20.6. The number of carboxylic acids is 1. The molecule has 200 valence electrons. The summed E-state index contributed by atoms with van der Waals surface area (Å²) in [6.45, 7) is 1.95. The minimum absolute atomic E-state index is 0.0359. The highest BCUT2D eigenvalue weighted by molar-refractivity contribution is 6.32. The van der Waals surface area contributed by atoms with E-state index >= 15 is 0 Å². The average molecular weight is 543 g/mol. The fourth-order valence-electron chi connectivity index (χ4n) is 3.98. The molecule has 8 nitrogen and oxygen atoms in total. The summed E-state index contributed by atoms with van der Waals surface area (Å²) < 4.78 is 46.7. The van der Waals surface area contributed by atoms with E-state index in [1.165, 1.54) is 0 Å². The number of carbonyl (C=O) groups excluding carboxylic acids is 2. The number of alkyl halides is 3. The van der Waals surface area contributed by atoms with E-state index < -0.39 is 24.0 Å². The molecule has 1 aliphatic carbocycles. The Morgan fingerprint density at radius 1 is 1.00 bits per heavy atom. The fraction of sp³-hybridized carbons (Fsp3) is 0.400. The van der Waals surface area contributed by atoms with Crippen LogP contribution in [0.4, 0.5) is 13.2 Å². The quantitative estimate of drug-likeness (QED) is 0.395. The summed E-state index contributed by atoms with van der Waals surface area (Å²) in [5.74, 6) is -2.04. The van der Waals surface area contributed by atoms with Gasteiger partial charge < -0.3 is 25.2 Å². The lowest BCUT2D eigenvalue weighted by atomic mass is 9.87. The molecular weight excluding hydrogens is 517 g/mol. The first-order valence-corrected chi connectivity index (χ1v) is 11.9. The predicted molar refractivity (Wildman–Crippen MR) is 128 cm³/mol. The molecule has 1 aliphatic rings. The largest absolute Gasteiger partial charge is 0.573 e. The van der Waals surface area contributed by atoms with Gasteiger partial charge in [-0.2, -0.15) is 0 Å². The van der Waals surface area contributed by atoms with Gasteiger partial charge in [0, 0.05) is 24.2 Å². The monoisotopic (exact) mass is 542 g/mol. The number of benzene rings is 2. The minimum Gasteiger partial charge on any atom is -0.490 e. The van der Waals surface area contributed by atoms with Crippen molar-refractivity contribution in [2.45, 2.75) is 45.1 Å². The molecule has 3 rings (SSSR count). The zero-order valence-electron chi connectivity index (χ0n) is 19.9. The zero-order chi connectivity index (χ0) is 27.2. The Balaban J connectivity index is 1.44. The van der Waals surface area contributed by atoms with E-state index in [4.69, 9.17) is 21.4 Å². The minimum atomic E-state index is -4.90. The lowest BCUT2D eigenvalue weighted by Crippen LogP contribution is -2.35. The van der Waals surface area contributed by atoms with Crippen LogP contribution in [0.2, 0.25) is 5.02 Å². The van der Waals surface area contributed by atoms with Gasteiger partial charge in [0.1, 0.15) is 11.5 Å². The molecule has 2 aromatic rings. The molecule has 0 bridgehead atoms. The smallest absolute Gasteiger partial charge is 0.490 e. The third kappa shape index (κ3) is 8.28. The van der Waals surface area contributed by atoms with Gasteiger partial charge in [-0.1, -0.05) is 11.6 Å². The van der Waals surface area contributed by atoms with Crippen molar-refractivity contribution in [1.29, 1.82) is 0 Å². The molecule has 37 heavy (non-hydrogen) atoms. The Morgan fingerprint density at radius 3 is 2.22 bits per heavy atom. The molecule has 0 spiro atoms. The molecule has 3 N–H and O–H groups in total. The highest BCUT2D eigenvalue weighted by Gasteiger charge is 2.32. The number of ether oxygens (including phenoxy) is 2. The third-order valence-corrected chi connectivity index (χ3v) is 6.18. The van der Waals surface area contributed by atoms with Crippen molar-refractivity contribution in [3.63, 3.8) is 0 Å². The molecule has 12 heteroatoms. The van der Waals surface area contributed by atoms with Crippen LogP contribution in [-0.4, -0.2) is 48.4 Å². The van der Waals surface area contributed by atoms with Gasteiger partial charge >= 0.3 is 12.3 Å². The van der Waals surface area contributed by atoms with E-state index in [9.17, 15) is 27.6 Å². The number of aryl methyl sites for hydroxylation is 1. The van der Waals surface area contributed by atoms with Crippen LogP contribution in [0.25, 0.3) is 0 Å². The van der Waals surface area contributed by atoms with E-state index in [2.05, 4.69) is 15.4 Å². The molecule has 0 saturated heterocycles. The van der Waals surface area contributed by atoms with E-state index in [1.54, 1.807) is 25.1 Å². The number of hydrogen-bond acceptors (Lipinski definition) is 5. The van der Waals surface area contributed by atoms with E-state index in [-0.39, 0.29) is 41.6 Å². The molecule has 1 fully saturated rings. The summed E-state index contributed by atoms with van der Waals surface area (Å²) >= 11 is 5.76. The van der Waals surface area contributed by atoms with Crippen LogP contribution < -0.4 is 20.1 Å². The van der Waals surface area contributed by atoms with Gasteiger partial charge in [0.25, 0.3) is 11.8 Å². The molecule has 0 heterocycles. The number of amides is 2. The SMILES string of the molecule is Cc1cc(O[C@H]2CC[C@@H](C(=O)O)CC2)ccc1C(=O)NCCNC(=O)c1ccc(OC(F)(F)F)c(Cl)c1. The highest BCUT2D eigenvalue weighted by atomic mass is 35.5. The molecule has 2 amide bonds. The Hall–Kier alpha value is -3.47. The first-order valence-electron chi connectivity index (χ1n) is 11.5. The molecule has 1 saturated carbocycles. The predicted octanol–water partition coefficient (Wildman–Crippen LogP) is 4.73. The molecular formula is C25H26ClF3N2O6. The second-order valence-electron chi connectivity index (χ2n) is 8.61. The number of halogens is 4. The van der Waals surface area contributed by atoms with Crippen molar-refractivity contribution in [2.24, 2.45) is 5.92 Å². The average Bonchev–Trinajstić information content (AvgIpc) is 2.82. The summed E-state index contributed by atoms with van der Waals surface area (Å²) in [7, 11) is 0. The first kappa shape index (κ1) is 28.1. The van der Waals surface area contributed by atoms with Crippen LogP contribution in [0.5, 0.6) is 11.5 Å². The molecule has 0 atom stereocenters. The van der Waals surface area contributed by atoms with Gasteiger partial charge in [0.05, 0.1) is 17.0 Å². The second kappa shape index (κ2) is 12.2. The summed E-state index contributed by atoms with van der Waals surface area (Å²) in [6.07, 6.45) is -2.52. The van der Waals surface area contributed by atoms with Gasteiger partial charge in [-0.05, 0) is 74.6 Å². The maximum absolute atomic E-state index is 12.5. The Labute approximate surface area is 216 Å². The van der Waals surface area contributed by atoms with Crippen molar-refractivity contribution in [3.05, 3.63) is 58.1 Å². The summed E-state index contributed by atoms with van der Waals surface area (Å²) in [6, 6.07) is 8.21. The van der Waals surface area contributed by atoms with E-state index in [0.717, 1.165) is 18.2 Å². The third-order valence-electron chi connectivity index (χ3n) is 5.88. The van der Waals surface area contributed by atoms with Crippen molar-refractivity contribution in [2.75, 3.05) is 13.1 Å². The van der Waals surface area contributed by atoms with Crippen LogP contribution >= 0.6 is 11.6 Å². The van der Waals surface area contributed by atoms with E-state index in [1.807, 2.05) is 0 Å². The van der Waals surface area contributed by atoms with Gasteiger partial charge in [0.2, 0.25) is 0 Å². The van der Waals surface area contributed by atoms with E-state index in [0.29, 0.717) is 42.6 Å². The maximum atomic E-state index is 12.5. The van der Waals surface area contributed by atoms with Crippen LogP contribution in [0.3, 0.4) is 0 Å². The number of carboxylic acid groups (broad SMARTS) is 1. The van der Waals surface area contributed by atoms with Crippen molar-refractivity contribution < 1.29 is 42.1 Å². The number of nitrogens with one attached hydrogen (secondary N) is 2. The number of aliphatic carboxylic acids is 1. The first-order chi connectivity index (χ1) is 17.4. The van der Waals surface area contributed by atoms with Gasteiger partial charge in [0.15, 0.2) is 0 Å². The van der Waals surface area contributed by atoms with Crippen molar-refractivity contribution in [3.8, 4) is 11.5 Å². The summed E-state index contributed by atoms with van der Waals surface area (Å²) in [5, 5.41) is 14.0. The Bertz CT molecular complexity index is 1150. The molecule has 0 aromatic heterocycles. The van der Waals surface area contributed by atoms with Crippen LogP contribution in [-0.2, 0) is 4.79 Å². The number of hydrogen-bond donors (Lipinski definition) is 3. The fourth-order valence-corrected chi connectivity index (χ4v) is 4.20. The topological polar surface area (TPSA) is 114 Å². The van der Waals surface area contributed by atoms with Crippen molar-refractivity contribution >= 4 is 29.4 Å². The number of rotatable bonds is 9. The van der Waals surface area contributed by atoms with Crippen LogP contribution in [0.1, 0.15) is 52.0 Å². The lowest BCUT2D eigenvalue weighted by molar-refractivity contribution is -0.274. The standard InChI is InChI=1S/C25H26ClF3N2O6/c1-14-12-18(36-17-5-2-15(3-6-17)24(34)35)7-8-19(14)23(33)31-11-10-30-22(32)16-4-9-21(20(26)13-16)37-25(27,28)29/h4,7-9,12-13,15,17H,2-3,5-6,10-11H2,1H3,(H,30,32)(H,31,33)(H,34,35)/t15-,17+. The van der Waals surface area contributed by atoms with Gasteiger partial charge in [-0.3, -0.25) is 14.4 Å². The Morgan fingerprint density at radius 2 is 1.65 bits per heavy atom. The molecule has 0 radical (unpaired) electrons. The van der Waals surface area contributed by atoms with Gasteiger partial charge in [-0.15, -0.1) is 13.2 Å². The van der Waals surface area contributed by atoms with Gasteiger partial charge in [-0.25, -0.2) is 0 Å². The summed E-state index contributed by atoms with van der Waals surface area (Å²) in [5.41, 5.74) is 1.16. The molecule has 0 unspecified atom stereocenters. The Kier molecular flexibility index (Phi) is 9.25. The highest BCUT2D eigenvalue weighted by Crippen LogP contribution is 2.31. The van der Waals surface area contributed by atoms with Crippen LogP contribution in [0.15, 0.2) is 36.4 Å². The molecule has 2 aromatic carbocycles. The normalized spacial score (nSPS) is 17.5. The lowest BCUT2D eigenvalue weighted by Gasteiger charge is -2.27. The molecule has 0 aliphatic heterocycles. The van der Waals surface area contributed by atoms with Crippen molar-refractivity contribution in [1.82, 2.24) is 10.6 Å².